The highest BCUT2D eigenvalue weighted by Crippen LogP contribution is 2.02. The number of hydrogen-bond acceptors (Lipinski definition) is 3. The summed E-state index contributed by atoms with van der Waals surface area (Å²) in [6.07, 6.45) is 3.41. The molecule has 50 valence electrons. The van der Waals surface area contributed by atoms with Crippen LogP contribution in [0.25, 0.3) is 0 Å². The molecule has 0 aliphatic carbocycles. The lowest BCUT2D eigenvalue weighted by atomic mass is 10.5. The summed E-state index contributed by atoms with van der Waals surface area (Å²) in [6.45, 7) is 0. The van der Waals surface area contributed by atoms with Crippen molar-refractivity contribution in [1.29, 1.82) is 0 Å². The average molecular weight is 134 g/mol. The van der Waals surface area contributed by atoms with Gasteiger partial charge < -0.3 is 0 Å². The molecule has 1 rings (SSSR count). The van der Waals surface area contributed by atoms with Crippen LogP contribution in [-0.2, 0) is 4.79 Å². The van der Waals surface area contributed by atoms with Crippen LogP contribution in [0, 0.1) is 0 Å². The number of rotatable bonds is 2. The molecule has 0 bridgehead atoms. The maximum atomic E-state index is 9.80. The predicted molar refractivity (Wildman–Crippen MR) is 38.5 cm³/mol. The number of pyridine rings is 1. The van der Waals surface area contributed by atoms with Crippen molar-refractivity contribution in [1.82, 2.24) is 4.98 Å². The zero-order valence-electron chi connectivity index (χ0n) is 5.27. The summed E-state index contributed by atoms with van der Waals surface area (Å²) < 4.78 is 0. The molecule has 0 aliphatic heterocycles. The summed E-state index contributed by atoms with van der Waals surface area (Å²) in [5.74, 6) is 0.551. The lowest BCUT2D eigenvalue weighted by molar-refractivity contribution is -0.102. The highest BCUT2D eigenvalue weighted by Gasteiger charge is 1.81. The van der Waals surface area contributed by atoms with Gasteiger partial charge in [-0.3, -0.25) is 4.79 Å². The van der Waals surface area contributed by atoms with Crippen LogP contribution in [-0.4, -0.2) is 17.5 Å². The van der Waals surface area contributed by atoms with E-state index < -0.39 is 0 Å². The van der Waals surface area contributed by atoms with Gasteiger partial charge in [0.15, 0.2) is 12.1 Å². The van der Waals surface area contributed by atoms with E-state index in [9.17, 15) is 4.79 Å². The Labute approximate surface area is 58.4 Å². The monoisotopic (exact) mass is 134 g/mol. The lowest BCUT2D eigenvalue weighted by Gasteiger charge is -1.85. The molecular formula is C7H6N2O. The number of aldehydes is 1. The number of aromatic nitrogens is 1. The van der Waals surface area contributed by atoms with Gasteiger partial charge >= 0.3 is 0 Å². The molecule has 0 aromatic carbocycles. The second kappa shape index (κ2) is 3.50. The summed E-state index contributed by atoms with van der Waals surface area (Å²) in [5.41, 5.74) is 0. The second-order valence-corrected chi connectivity index (χ2v) is 1.60. The Morgan fingerprint density at radius 1 is 1.50 bits per heavy atom. The largest absolute Gasteiger partial charge is 0.297 e. The normalized spacial score (nSPS) is 10.0. The van der Waals surface area contributed by atoms with E-state index in [0.717, 1.165) is 0 Å². The predicted octanol–water partition coefficient (Wildman–Crippen LogP) is 0.983. The molecule has 0 unspecified atom stereocenters. The van der Waals surface area contributed by atoms with Gasteiger partial charge in [0.2, 0.25) is 0 Å². The van der Waals surface area contributed by atoms with Crippen molar-refractivity contribution in [3.63, 3.8) is 0 Å². The number of carbonyl (C=O) groups is 1. The highest BCUT2D eigenvalue weighted by molar-refractivity contribution is 6.13. The number of nitrogens with zero attached hydrogens (tertiary/aromatic N) is 2. The van der Waals surface area contributed by atoms with Gasteiger partial charge in [-0.25, -0.2) is 9.98 Å². The van der Waals surface area contributed by atoms with E-state index in [-0.39, 0.29) is 0 Å². The molecule has 0 saturated heterocycles. The molecule has 0 saturated carbocycles. The van der Waals surface area contributed by atoms with E-state index >= 15 is 0 Å². The van der Waals surface area contributed by atoms with Crippen LogP contribution < -0.4 is 0 Å². The van der Waals surface area contributed by atoms with Gasteiger partial charge in [0.05, 0.1) is 6.21 Å². The van der Waals surface area contributed by atoms with Crippen molar-refractivity contribution in [3.05, 3.63) is 24.4 Å². The molecule has 1 heterocycles. The fourth-order valence-corrected chi connectivity index (χ4v) is 0.537. The van der Waals surface area contributed by atoms with Crippen LogP contribution in [0.2, 0.25) is 0 Å². The minimum Gasteiger partial charge on any atom is -0.297 e. The van der Waals surface area contributed by atoms with Crippen LogP contribution in [0.5, 0.6) is 0 Å². The van der Waals surface area contributed by atoms with Gasteiger partial charge in [0.1, 0.15) is 0 Å². The quantitative estimate of drug-likeness (QED) is 0.447. The summed E-state index contributed by atoms with van der Waals surface area (Å²) in [7, 11) is 0. The van der Waals surface area contributed by atoms with Gasteiger partial charge in [-0.1, -0.05) is 6.07 Å². The Kier molecular flexibility index (Phi) is 2.31. The van der Waals surface area contributed by atoms with Gasteiger partial charge in [-0.15, -0.1) is 0 Å². The van der Waals surface area contributed by atoms with Crippen LogP contribution in [0.15, 0.2) is 29.4 Å². The van der Waals surface area contributed by atoms with Crippen LogP contribution in [0.4, 0.5) is 5.82 Å². The van der Waals surface area contributed by atoms with Crippen LogP contribution in [0.3, 0.4) is 0 Å². The SMILES string of the molecule is O=CC=Nc1ccccn1. The van der Waals surface area contributed by atoms with E-state index in [1.807, 2.05) is 6.07 Å². The molecule has 0 aliphatic rings. The van der Waals surface area contributed by atoms with Crippen molar-refractivity contribution in [2.75, 3.05) is 0 Å². The molecule has 0 radical (unpaired) electrons. The number of carbonyl (C=O) groups excluding carboxylic acids is 1. The Balaban J connectivity index is 2.76. The minimum absolute atomic E-state index is 0.551. The Hall–Kier alpha value is -1.51. The van der Waals surface area contributed by atoms with E-state index in [1.54, 1.807) is 18.3 Å². The topological polar surface area (TPSA) is 42.3 Å². The average Bonchev–Trinajstić information content (AvgIpc) is 2.03. The van der Waals surface area contributed by atoms with E-state index in [4.69, 9.17) is 0 Å². The first-order chi connectivity index (χ1) is 4.93. The standard InChI is InChI=1S/C7H6N2O/c10-6-5-9-7-3-1-2-4-8-7/h1-6H. The first-order valence-corrected chi connectivity index (χ1v) is 2.82. The van der Waals surface area contributed by atoms with Crippen molar-refractivity contribution < 1.29 is 4.79 Å². The molecule has 1 aromatic heterocycles. The first kappa shape index (κ1) is 6.61. The molecule has 0 N–H and O–H groups in total. The van der Waals surface area contributed by atoms with Crippen molar-refractivity contribution >= 4 is 18.3 Å². The molecule has 0 atom stereocenters. The third kappa shape index (κ3) is 1.78. The maximum Gasteiger partial charge on any atom is 0.161 e. The summed E-state index contributed by atoms with van der Waals surface area (Å²) in [5, 5.41) is 0. The molecule has 1 aromatic rings. The third-order valence-electron chi connectivity index (χ3n) is 0.917. The molecule has 0 spiro atoms. The fraction of sp³-hybridized carbons (Fsp3) is 0. The molecular weight excluding hydrogens is 128 g/mol. The van der Waals surface area contributed by atoms with Gasteiger partial charge in [0, 0.05) is 6.20 Å². The number of aliphatic imine (C=N–C) groups is 1. The van der Waals surface area contributed by atoms with Crippen molar-refractivity contribution in [2.24, 2.45) is 4.99 Å². The Morgan fingerprint density at radius 2 is 2.40 bits per heavy atom. The molecule has 3 nitrogen and oxygen atoms in total. The van der Waals surface area contributed by atoms with E-state index in [0.29, 0.717) is 12.1 Å². The smallest absolute Gasteiger partial charge is 0.161 e. The Morgan fingerprint density at radius 3 is 3.00 bits per heavy atom. The zero-order valence-corrected chi connectivity index (χ0v) is 5.27. The molecule has 3 heteroatoms. The van der Waals surface area contributed by atoms with Gasteiger partial charge in [-0.2, -0.15) is 0 Å². The van der Waals surface area contributed by atoms with Gasteiger partial charge in [-0.05, 0) is 12.1 Å². The second-order valence-electron chi connectivity index (χ2n) is 1.60. The zero-order chi connectivity index (χ0) is 7.23. The summed E-state index contributed by atoms with van der Waals surface area (Å²) in [6, 6.07) is 5.32. The lowest BCUT2D eigenvalue weighted by Crippen LogP contribution is -1.74. The van der Waals surface area contributed by atoms with Crippen LogP contribution >= 0.6 is 0 Å². The summed E-state index contributed by atoms with van der Waals surface area (Å²) in [4.78, 5) is 17.4. The molecule has 0 fully saturated rings. The van der Waals surface area contributed by atoms with E-state index in [2.05, 4.69) is 9.98 Å². The van der Waals surface area contributed by atoms with Crippen LogP contribution in [0.1, 0.15) is 0 Å². The number of hydrogen-bond donors (Lipinski definition) is 0. The minimum atomic E-state index is 0.551. The molecule has 10 heavy (non-hydrogen) atoms. The highest BCUT2D eigenvalue weighted by atomic mass is 16.1. The van der Waals surface area contributed by atoms with Gasteiger partial charge in [0.25, 0.3) is 0 Å². The Bertz CT molecular complexity index is 231. The third-order valence-corrected chi connectivity index (χ3v) is 0.917. The van der Waals surface area contributed by atoms with Crippen molar-refractivity contribution in [3.8, 4) is 0 Å². The fourth-order valence-electron chi connectivity index (χ4n) is 0.537. The van der Waals surface area contributed by atoms with E-state index in [1.165, 1.54) is 6.21 Å². The maximum absolute atomic E-state index is 9.80. The molecule has 0 amide bonds. The van der Waals surface area contributed by atoms with Crippen molar-refractivity contribution in [2.45, 2.75) is 0 Å². The summed E-state index contributed by atoms with van der Waals surface area (Å²) >= 11 is 0. The first-order valence-electron chi connectivity index (χ1n) is 2.82.